The standard InChI is InChI=1S/C13H24O11/c1-21-12-10(19)9(18)7(16)5(24-12)3-22-13-11(20)8(17)6(15)4(2-14)23-13/h4-20H,2-3H2,1H3/t4-,5+,6-,7+,8+,9-,10+,11+,12-,13+/m0/s1. The second kappa shape index (κ2) is 8.29. The van der Waals surface area contributed by atoms with Gasteiger partial charge < -0.3 is 54.7 Å². The van der Waals surface area contributed by atoms with Crippen molar-refractivity contribution in [3.05, 3.63) is 0 Å². The van der Waals surface area contributed by atoms with Crippen molar-refractivity contribution >= 4 is 0 Å². The minimum absolute atomic E-state index is 0.381. The zero-order chi connectivity index (χ0) is 18.0. The van der Waals surface area contributed by atoms with Crippen LogP contribution >= 0.6 is 0 Å². The third-order valence-electron chi connectivity index (χ3n) is 4.17. The molecular weight excluding hydrogens is 332 g/mol. The number of hydrogen-bond donors (Lipinski definition) is 7. The van der Waals surface area contributed by atoms with Gasteiger partial charge in [0, 0.05) is 7.11 Å². The molecule has 0 bridgehead atoms. The second-order valence-corrected chi connectivity index (χ2v) is 5.78. The third kappa shape index (κ3) is 3.86. The Hall–Kier alpha value is -0.440. The Morgan fingerprint density at radius 3 is 1.75 bits per heavy atom. The monoisotopic (exact) mass is 356 g/mol. The first-order valence-electron chi connectivity index (χ1n) is 7.46. The highest BCUT2D eigenvalue weighted by atomic mass is 16.7. The summed E-state index contributed by atoms with van der Waals surface area (Å²) in [6.45, 7) is -0.989. The van der Waals surface area contributed by atoms with Crippen LogP contribution in [0.15, 0.2) is 0 Å². The van der Waals surface area contributed by atoms with Gasteiger partial charge in [-0.15, -0.1) is 0 Å². The average molecular weight is 356 g/mol. The summed E-state index contributed by atoms with van der Waals surface area (Å²) in [6.07, 6.45) is -14.0. The van der Waals surface area contributed by atoms with Gasteiger partial charge >= 0.3 is 0 Å². The van der Waals surface area contributed by atoms with Crippen molar-refractivity contribution in [2.75, 3.05) is 20.3 Å². The van der Waals surface area contributed by atoms with Crippen LogP contribution in [0.3, 0.4) is 0 Å². The highest BCUT2D eigenvalue weighted by molar-refractivity contribution is 4.91. The molecule has 2 heterocycles. The van der Waals surface area contributed by atoms with E-state index in [0.717, 1.165) is 0 Å². The summed E-state index contributed by atoms with van der Waals surface area (Å²) in [5.41, 5.74) is 0. The third-order valence-corrected chi connectivity index (χ3v) is 4.17. The molecule has 0 aromatic carbocycles. The SMILES string of the molecule is CO[C@H]1O[C@H](CO[C@@H]2O[C@@H](CO)[C@H](O)[C@@H](O)[C@H]2O)[C@@H](O)[C@H](O)[C@H]1O. The molecule has 0 saturated carbocycles. The lowest BCUT2D eigenvalue weighted by atomic mass is 9.98. The first kappa shape index (κ1) is 19.9. The normalized spacial score (nSPS) is 50.0. The first-order valence-corrected chi connectivity index (χ1v) is 7.46. The maximum Gasteiger partial charge on any atom is 0.186 e. The Morgan fingerprint density at radius 2 is 1.21 bits per heavy atom. The van der Waals surface area contributed by atoms with Crippen LogP contribution in [-0.4, -0.2) is 117 Å². The van der Waals surface area contributed by atoms with E-state index in [2.05, 4.69) is 0 Å². The molecule has 11 heteroatoms. The van der Waals surface area contributed by atoms with E-state index in [9.17, 15) is 30.6 Å². The van der Waals surface area contributed by atoms with Crippen molar-refractivity contribution in [3.8, 4) is 0 Å². The molecule has 2 fully saturated rings. The van der Waals surface area contributed by atoms with Gasteiger partial charge in [0.25, 0.3) is 0 Å². The Morgan fingerprint density at radius 1 is 0.708 bits per heavy atom. The molecular formula is C13H24O11. The molecule has 0 spiro atoms. The minimum Gasteiger partial charge on any atom is -0.394 e. The van der Waals surface area contributed by atoms with Crippen LogP contribution in [0.25, 0.3) is 0 Å². The Balaban J connectivity index is 1.96. The molecule has 2 aliphatic rings. The molecule has 142 valence electrons. The summed E-state index contributed by atoms with van der Waals surface area (Å²) in [6, 6.07) is 0. The van der Waals surface area contributed by atoms with Crippen LogP contribution in [0.2, 0.25) is 0 Å². The quantitative estimate of drug-likeness (QED) is 0.251. The van der Waals surface area contributed by atoms with Gasteiger partial charge in [-0.25, -0.2) is 0 Å². The fourth-order valence-electron chi connectivity index (χ4n) is 2.64. The number of hydrogen-bond acceptors (Lipinski definition) is 11. The lowest BCUT2D eigenvalue weighted by Gasteiger charge is -2.42. The molecule has 24 heavy (non-hydrogen) atoms. The number of ether oxygens (including phenoxy) is 4. The van der Waals surface area contributed by atoms with Gasteiger partial charge in [-0.1, -0.05) is 0 Å². The van der Waals surface area contributed by atoms with Crippen LogP contribution in [0, 0.1) is 0 Å². The van der Waals surface area contributed by atoms with E-state index in [-0.39, 0.29) is 6.61 Å². The van der Waals surface area contributed by atoms with E-state index in [1.165, 1.54) is 7.11 Å². The van der Waals surface area contributed by atoms with Crippen molar-refractivity contribution in [1.82, 2.24) is 0 Å². The largest absolute Gasteiger partial charge is 0.394 e. The van der Waals surface area contributed by atoms with Crippen molar-refractivity contribution in [2.45, 2.75) is 61.4 Å². The Bertz CT molecular complexity index is 356. The van der Waals surface area contributed by atoms with Crippen molar-refractivity contribution in [3.63, 3.8) is 0 Å². The highest BCUT2D eigenvalue weighted by Gasteiger charge is 2.47. The van der Waals surface area contributed by atoms with Crippen molar-refractivity contribution in [1.29, 1.82) is 0 Å². The lowest BCUT2D eigenvalue weighted by molar-refractivity contribution is -0.328. The molecule has 0 unspecified atom stereocenters. The lowest BCUT2D eigenvalue weighted by Crippen LogP contribution is -2.61. The van der Waals surface area contributed by atoms with E-state index in [1.54, 1.807) is 0 Å². The predicted octanol–water partition coefficient (Wildman–Crippen LogP) is -4.74. The van der Waals surface area contributed by atoms with Crippen LogP contribution in [0.5, 0.6) is 0 Å². The van der Waals surface area contributed by atoms with Crippen LogP contribution < -0.4 is 0 Å². The number of methoxy groups -OCH3 is 1. The molecule has 7 N–H and O–H groups in total. The molecule has 11 nitrogen and oxygen atoms in total. The average Bonchev–Trinajstić information content (AvgIpc) is 2.58. The summed E-state index contributed by atoms with van der Waals surface area (Å²) in [5.74, 6) is 0. The van der Waals surface area contributed by atoms with E-state index in [1.807, 2.05) is 0 Å². The summed E-state index contributed by atoms with van der Waals surface area (Å²) in [5, 5.41) is 67.6. The maximum absolute atomic E-state index is 9.91. The van der Waals surface area contributed by atoms with Crippen LogP contribution in [0.4, 0.5) is 0 Å². The molecule has 2 rings (SSSR count). The van der Waals surface area contributed by atoms with Crippen molar-refractivity contribution in [2.24, 2.45) is 0 Å². The summed E-state index contributed by atoms with van der Waals surface area (Å²) in [4.78, 5) is 0. The number of rotatable bonds is 5. The first-order chi connectivity index (χ1) is 11.3. The molecule has 2 aliphatic heterocycles. The van der Waals surface area contributed by atoms with E-state index < -0.39 is 68.0 Å². The maximum atomic E-state index is 9.91. The van der Waals surface area contributed by atoms with Gasteiger partial charge in [0.05, 0.1) is 13.2 Å². The fourth-order valence-corrected chi connectivity index (χ4v) is 2.64. The summed E-state index contributed by atoms with van der Waals surface area (Å²) in [7, 11) is 1.24. The van der Waals surface area contributed by atoms with Gasteiger partial charge in [0.1, 0.15) is 48.8 Å². The fraction of sp³-hybridized carbons (Fsp3) is 1.00. The van der Waals surface area contributed by atoms with Gasteiger partial charge in [0.2, 0.25) is 0 Å². The Kier molecular flexibility index (Phi) is 6.87. The number of aliphatic hydroxyl groups excluding tert-OH is 7. The smallest absolute Gasteiger partial charge is 0.186 e. The molecule has 0 aliphatic carbocycles. The predicted molar refractivity (Wildman–Crippen MR) is 73.4 cm³/mol. The van der Waals surface area contributed by atoms with Gasteiger partial charge in [0.15, 0.2) is 12.6 Å². The highest BCUT2D eigenvalue weighted by Crippen LogP contribution is 2.25. The molecule has 10 atom stereocenters. The van der Waals surface area contributed by atoms with Crippen LogP contribution in [0.1, 0.15) is 0 Å². The van der Waals surface area contributed by atoms with E-state index >= 15 is 0 Å². The topological polar surface area (TPSA) is 179 Å². The molecule has 0 amide bonds. The van der Waals surface area contributed by atoms with Crippen molar-refractivity contribution < 1.29 is 54.7 Å². The molecule has 0 aromatic rings. The zero-order valence-electron chi connectivity index (χ0n) is 13.0. The molecule has 0 aromatic heterocycles. The number of aliphatic hydroxyl groups is 7. The van der Waals surface area contributed by atoms with Crippen LogP contribution in [-0.2, 0) is 18.9 Å². The van der Waals surface area contributed by atoms with Gasteiger partial charge in [-0.2, -0.15) is 0 Å². The van der Waals surface area contributed by atoms with Gasteiger partial charge in [-0.3, -0.25) is 0 Å². The summed E-state index contributed by atoms with van der Waals surface area (Å²) < 4.78 is 20.5. The molecule has 0 radical (unpaired) electrons. The zero-order valence-corrected chi connectivity index (χ0v) is 13.0. The minimum atomic E-state index is -1.60. The van der Waals surface area contributed by atoms with E-state index in [4.69, 9.17) is 24.1 Å². The molecule has 2 saturated heterocycles. The van der Waals surface area contributed by atoms with E-state index in [0.29, 0.717) is 0 Å². The summed E-state index contributed by atoms with van der Waals surface area (Å²) >= 11 is 0. The second-order valence-electron chi connectivity index (χ2n) is 5.78. The Labute approximate surface area is 137 Å². The van der Waals surface area contributed by atoms with Gasteiger partial charge in [-0.05, 0) is 0 Å².